The van der Waals surface area contributed by atoms with Crippen molar-refractivity contribution >= 4 is 34.3 Å². The van der Waals surface area contributed by atoms with Crippen LogP contribution in [0.2, 0.25) is 5.02 Å². The molecule has 5 rings (SSSR count). The summed E-state index contributed by atoms with van der Waals surface area (Å²) < 4.78 is 30.9. The molecule has 7 nitrogen and oxygen atoms in total. The summed E-state index contributed by atoms with van der Waals surface area (Å²) in [5.74, 6) is -0.905. The first-order valence-corrected chi connectivity index (χ1v) is 12.1. The third-order valence-corrected chi connectivity index (χ3v) is 7.30. The van der Waals surface area contributed by atoms with E-state index < -0.39 is 11.6 Å². The molecule has 3 heterocycles. The van der Waals surface area contributed by atoms with Gasteiger partial charge in [0.2, 0.25) is 5.95 Å². The fourth-order valence-corrected chi connectivity index (χ4v) is 5.07. The van der Waals surface area contributed by atoms with Crippen molar-refractivity contribution in [3.05, 3.63) is 40.9 Å². The number of phenols is 1. The van der Waals surface area contributed by atoms with E-state index >= 15 is 4.39 Å². The maximum atomic E-state index is 16.2. The number of likely N-dealkylation sites (N-methyl/N-ethyl adjacent to an activating group) is 1. The average Bonchev–Trinajstić information content (AvgIpc) is 2.76. The Morgan fingerprint density at radius 1 is 1.11 bits per heavy atom. The van der Waals surface area contributed by atoms with Gasteiger partial charge in [0.1, 0.15) is 22.9 Å². The lowest BCUT2D eigenvalue weighted by molar-refractivity contribution is 0.245. The molecule has 10 heteroatoms. The number of benzene rings is 2. The minimum absolute atomic E-state index is 0.0135. The second-order valence-electron chi connectivity index (χ2n) is 9.76. The molecule has 0 saturated carbocycles. The Morgan fingerprint density at radius 3 is 2.54 bits per heavy atom. The highest BCUT2D eigenvalue weighted by molar-refractivity contribution is 6.34. The number of halogens is 3. The van der Waals surface area contributed by atoms with Gasteiger partial charge in [-0.2, -0.15) is 4.98 Å². The highest BCUT2D eigenvalue weighted by Gasteiger charge is 2.34. The van der Waals surface area contributed by atoms with Gasteiger partial charge in [-0.25, -0.2) is 13.8 Å². The van der Waals surface area contributed by atoms with Crippen molar-refractivity contribution in [2.24, 2.45) is 0 Å². The molecule has 2 aromatic carbocycles. The second kappa shape index (κ2) is 9.04. The Balaban J connectivity index is 1.72. The molecule has 0 radical (unpaired) electrons. The molecular formula is C25H29ClF2N6O. The zero-order valence-corrected chi connectivity index (χ0v) is 20.9. The molecule has 2 fully saturated rings. The van der Waals surface area contributed by atoms with Crippen LogP contribution in [0.15, 0.2) is 24.3 Å². The van der Waals surface area contributed by atoms with E-state index in [9.17, 15) is 9.50 Å². The van der Waals surface area contributed by atoms with Gasteiger partial charge < -0.3 is 25.1 Å². The number of rotatable bonds is 4. The molecule has 35 heavy (non-hydrogen) atoms. The summed E-state index contributed by atoms with van der Waals surface area (Å²) in [4.78, 5) is 15.8. The standard InChI is InChI=1S/C25H29ClF2N6O/c1-13-10-34(14(2)9-29-13)24-16-8-17(26)20(21-18(27)6-5-7-19(21)35)22(28)23(16)30-25(31-24)33-11-15(12-33)32(3)4/h5-8,13-15,29,35H,9-12H2,1-4H3/t13-,14+/m1/s1. The minimum Gasteiger partial charge on any atom is -0.507 e. The van der Waals surface area contributed by atoms with Gasteiger partial charge in [0.25, 0.3) is 0 Å². The summed E-state index contributed by atoms with van der Waals surface area (Å²) in [7, 11) is 4.04. The molecule has 2 saturated heterocycles. The van der Waals surface area contributed by atoms with Crippen LogP contribution in [-0.2, 0) is 0 Å². The van der Waals surface area contributed by atoms with Crippen LogP contribution in [0.1, 0.15) is 13.8 Å². The van der Waals surface area contributed by atoms with E-state index in [1.807, 2.05) is 19.0 Å². The van der Waals surface area contributed by atoms with Gasteiger partial charge in [-0.1, -0.05) is 17.7 Å². The largest absolute Gasteiger partial charge is 0.507 e. The van der Waals surface area contributed by atoms with E-state index in [1.165, 1.54) is 12.1 Å². The Kier molecular flexibility index (Phi) is 6.19. The fraction of sp³-hybridized carbons (Fsp3) is 0.440. The lowest BCUT2D eigenvalue weighted by Crippen LogP contribution is -2.58. The molecule has 0 aliphatic carbocycles. The van der Waals surface area contributed by atoms with Crippen LogP contribution in [0.4, 0.5) is 20.5 Å². The number of anilines is 2. The highest BCUT2D eigenvalue weighted by atomic mass is 35.5. The van der Waals surface area contributed by atoms with Crippen LogP contribution in [0.5, 0.6) is 5.75 Å². The Labute approximate surface area is 208 Å². The van der Waals surface area contributed by atoms with Gasteiger partial charge >= 0.3 is 0 Å². The number of hydrogen-bond donors (Lipinski definition) is 2. The maximum Gasteiger partial charge on any atom is 0.228 e. The first-order chi connectivity index (χ1) is 16.7. The van der Waals surface area contributed by atoms with Crippen LogP contribution >= 0.6 is 11.6 Å². The monoisotopic (exact) mass is 502 g/mol. The van der Waals surface area contributed by atoms with Crippen LogP contribution in [0.3, 0.4) is 0 Å². The molecule has 186 valence electrons. The first kappa shape index (κ1) is 24.0. The van der Waals surface area contributed by atoms with Gasteiger partial charge in [0.05, 0.1) is 10.6 Å². The maximum absolute atomic E-state index is 16.2. The van der Waals surface area contributed by atoms with Crippen molar-refractivity contribution < 1.29 is 13.9 Å². The van der Waals surface area contributed by atoms with Crippen molar-refractivity contribution in [3.8, 4) is 16.9 Å². The molecule has 2 N–H and O–H groups in total. The first-order valence-electron chi connectivity index (χ1n) is 11.7. The van der Waals surface area contributed by atoms with Crippen LogP contribution in [0.25, 0.3) is 22.0 Å². The van der Waals surface area contributed by atoms with E-state index in [4.69, 9.17) is 16.6 Å². The Hall–Kier alpha value is -2.75. The number of fused-ring (bicyclic) bond motifs is 1. The molecule has 0 bridgehead atoms. The molecule has 0 spiro atoms. The summed E-state index contributed by atoms with van der Waals surface area (Å²) in [6.07, 6.45) is 0. The topological polar surface area (TPSA) is 67.8 Å². The average molecular weight is 503 g/mol. The van der Waals surface area contributed by atoms with E-state index in [0.717, 1.165) is 25.7 Å². The van der Waals surface area contributed by atoms with Crippen molar-refractivity contribution in [3.63, 3.8) is 0 Å². The molecule has 0 unspecified atom stereocenters. The number of phenolic OH excluding ortho intramolecular Hbond substituents is 1. The molecule has 3 aromatic rings. The van der Waals surface area contributed by atoms with Gasteiger partial charge in [0.15, 0.2) is 5.82 Å². The molecule has 2 atom stereocenters. The molecule has 2 aliphatic rings. The molecule has 1 aromatic heterocycles. The van der Waals surface area contributed by atoms with E-state index in [2.05, 4.69) is 33.9 Å². The van der Waals surface area contributed by atoms with Crippen LogP contribution in [0, 0.1) is 11.6 Å². The van der Waals surface area contributed by atoms with E-state index in [-0.39, 0.29) is 39.5 Å². The summed E-state index contributed by atoms with van der Waals surface area (Å²) in [5, 5.41) is 14.2. The smallest absolute Gasteiger partial charge is 0.228 e. The van der Waals surface area contributed by atoms with Crippen molar-refractivity contribution in [2.45, 2.75) is 32.0 Å². The zero-order valence-electron chi connectivity index (χ0n) is 20.2. The van der Waals surface area contributed by atoms with Gasteiger partial charge in [-0.15, -0.1) is 0 Å². The van der Waals surface area contributed by atoms with Crippen molar-refractivity contribution in [2.75, 3.05) is 50.1 Å². The van der Waals surface area contributed by atoms with Gasteiger partial charge in [0, 0.05) is 55.3 Å². The predicted octanol–water partition coefficient (Wildman–Crippen LogP) is 3.87. The minimum atomic E-state index is -0.779. The van der Waals surface area contributed by atoms with E-state index in [1.54, 1.807) is 6.07 Å². The van der Waals surface area contributed by atoms with Gasteiger partial charge in [-0.05, 0) is 46.1 Å². The highest BCUT2D eigenvalue weighted by Crippen LogP contribution is 2.43. The van der Waals surface area contributed by atoms with Crippen LogP contribution < -0.4 is 15.1 Å². The Bertz CT molecular complexity index is 1260. The molecular weight excluding hydrogens is 474 g/mol. The predicted molar refractivity (Wildman–Crippen MR) is 136 cm³/mol. The normalized spacial score (nSPS) is 21.1. The van der Waals surface area contributed by atoms with Crippen molar-refractivity contribution in [1.82, 2.24) is 20.2 Å². The second-order valence-corrected chi connectivity index (χ2v) is 10.2. The van der Waals surface area contributed by atoms with Gasteiger partial charge in [-0.3, -0.25) is 0 Å². The lowest BCUT2D eigenvalue weighted by Gasteiger charge is -2.43. The Morgan fingerprint density at radius 2 is 1.86 bits per heavy atom. The van der Waals surface area contributed by atoms with E-state index in [0.29, 0.717) is 29.7 Å². The number of aromatic hydroxyl groups is 1. The summed E-state index contributed by atoms with van der Waals surface area (Å²) in [6, 6.07) is 6.10. The zero-order chi connectivity index (χ0) is 25.0. The number of aromatic nitrogens is 2. The summed E-state index contributed by atoms with van der Waals surface area (Å²) >= 11 is 6.54. The number of nitrogens with one attached hydrogen (secondary N) is 1. The quantitative estimate of drug-likeness (QED) is 0.561. The van der Waals surface area contributed by atoms with Crippen LogP contribution in [-0.4, -0.2) is 78.4 Å². The SMILES string of the molecule is C[C@@H]1CN(c2nc(N3CC(N(C)C)C3)nc3c(F)c(-c4c(O)cccc4F)c(Cl)cc23)[C@@H](C)CN1. The third-order valence-electron chi connectivity index (χ3n) is 7.00. The van der Waals surface area contributed by atoms with Crippen molar-refractivity contribution in [1.29, 1.82) is 0 Å². The molecule has 2 aliphatic heterocycles. The number of hydrogen-bond acceptors (Lipinski definition) is 7. The summed E-state index contributed by atoms with van der Waals surface area (Å²) in [5.41, 5.74) is -0.431. The third kappa shape index (κ3) is 4.15. The number of nitrogens with zero attached hydrogens (tertiary/aromatic N) is 5. The lowest BCUT2D eigenvalue weighted by atomic mass is 10.0. The fourth-order valence-electron chi connectivity index (χ4n) is 4.78. The number of piperazine rings is 1. The summed E-state index contributed by atoms with van der Waals surface area (Å²) in [6.45, 7) is 7.06. The molecule has 0 amide bonds.